The summed E-state index contributed by atoms with van der Waals surface area (Å²) in [5.74, 6) is 0. The summed E-state index contributed by atoms with van der Waals surface area (Å²) >= 11 is 0. The van der Waals surface area contributed by atoms with E-state index in [1.165, 1.54) is 4.57 Å². The third-order valence-corrected chi connectivity index (χ3v) is 2.45. The number of aromatic amines is 1. The second kappa shape index (κ2) is 4.36. The van der Waals surface area contributed by atoms with Crippen molar-refractivity contribution in [1.29, 1.82) is 0 Å². The second-order valence-corrected chi connectivity index (χ2v) is 3.78. The number of hydrogen-bond donors (Lipinski definition) is 1. The Labute approximate surface area is 96.7 Å². The summed E-state index contributed by atoms with van der Waals surface area (Å²) in [7, 11) is 1.75. The fraction of sp³-hybridized carbons (Fsp3) is 0.400. The van der Waals surface area contributed by atoms with Crippen molar-refractivity contribution < 1.29 is 0 Å². The van der Waals surface area contributed by atoms with Crippen LogP contribution in [0, 0.1) is 0 Å². The highest BCUT2D eigenvalue weighted by Gasteiger charge is 2.05. The maximum Gasteiger partial charge on any atom is 0.328 e. The summed E-state index contributed by atoms with van der Waals surface area (Å²) in [5, 5.41) is 7.67. The van der Waals surface area contributed by atoms with Crippen molar-refractivity contribution in [1.82, 2.24) is 24.5 Å². The van der Waals surface area contributed by atoms with E-state index in [4.69, 9.17) is 0 Å². The summed E-state index contributed by atoms with van der Waals surface area (Å²) in [4.78, 5) is 25.2. The van der Waals surface area contributed by atoms with Crippen LogP contribution >= 0.6 is 0 Å². The molecule has 0 radical (unpaired) electrons. The number of hydrogen-bond acceptors (Lipinski definition) is 4. The van der Waals surface area contributed by atoms with Gasteiger partial charge in [-0.05, 0) is 6.42 Å². The molecular formula is C10H13N5O2. The van der Waals surface area contributed by atoms with Gasteiger partial charge >= 0.3 is 5.69 Å². The molecule has 17 heavy (non-hydrogen) atoms. The Hall–Kier alpha value is -2.18. The van der Waals surface area contributed by atoms with Gasteiger partial charge in [0.15, 0.2) is 0 Å². The summed E-state index contributed by atoms with van der Waals surface area (Å²) < 4.78 is 2.98. The first-order chi connectivity index (χ1) is 8.10. The Balaban J connectivity index is 2.39. The molecule has 0 aliphatic heterocycles. The minimum Gasteiger partial charge on any atom is -0.294 e. The highest BCUT2D eigenvalue weighted by molar-refractivity contribution is 5.05. The summed E-state index contributed by atoms with van der Waals surface area (Å²) in [6.45, 7) is 2.16. The lowest BCUT2D eigenvalue weighted by atomic mass is 10.2. The van der Waals surface area contributed by atoms with Crippen molar-refractivity contribution in [3.63, 3.8) is 0 Å². The molecule has 2 aromatic rings. The van der Waals surface area contributed by atoms with Gasteiger partial charge in [0, 0.05) is 25.0 Å². The monoisotopic (exact) mass is 235 g/mol. The van der Waals surface area contributed by atoms with Crippen LogP contribution in [0.1, 0.15) is 18.2 Å². The summed E-state index contributed by atoms with van der Waals surface area (Å²) in [6.07, 6.45) is 3.87. The van der Waals surface area contributed by atoms with Crippen LogP contribution in [-0.2, 0) is 20.0 Å². The van der Waals surface area contributed by atoms with E-state index in [9.17, 15) is 9.59 Å². The van der Waals surface area contributed by atoms with E-state index < -0.39 is 5.69 Å². The lowest BCUT2D eigenvalue weighted by Gasteiger charge is -2.03. The van der Waals surface area contributed by atoms with Gasteiger partial charge in [0.1, 0.15) is 5.69 Å². The van der Waals surface area contributed by atoms with Crippen molar-refractivity contribution in [2.24, 2.45) is 7.05 Å². The van der Waals surface area contributed by atoms with Crippen LogP contribution in [0.25, 0.3) is 0 Å². The van der Waals surface area contributed by atoms with E-state index in [0.717, 1.165) is 0 Å². The molecule has 0 bridgehead atoms. The Morgan fingerprint density at radius 2 is 2.12 bits per heavy atom. The molecule has 0 spiro atoms. The molecular weight excluding hydrogens is 222 g/mol. The highest BCUT2D eigenvalue weighted by atomic mass is 16.2. The number of nitrogens with one attached hydrogen (secondary N) is 1. The molecule has 2 heterocycles. The van der Waals surface area contributed by atoms with E-state index in [1.54, 1.807) is 24.1 Å². The second-order valence-electron chi connectivity index (χ2n) is 3.78. The van der Waals surface area contributed by atoms with Crippen molar-refractivity contribution in [2.45, 2.75) is 19.9 Å². The van der Waals surface area contributed by atoms with Crippen LogP contribution in [0.3, 0.4) is 0 Å². The third-order valence-electron chi connectivity index (χ3n) is 2.45. The van der Waals surface area contributed by atoms with Gasteiger partial charge in [0.05, 0.1) is 6.54 Å². The number of aryl methyl sites for hydroxylation is 2. The van der Waals surface area contributed by atoms with E-state index in [0.29, 0.717) is 24.2 Å². The zero-order chi connectivity index (χ0) is 12.4. The molecule has 7 heteroatoms. The lowest BCUT2D eigenvalue weighted by Crippen LogP contribution is -2.31. The van der Waals surface area contributed by atoms with Crippen LogP contribution in [-0.4, -0.2) is 24.5 Å². The van der Waals surface area contributed by atoms with Gasteiger partial charge in [-0.2, -0.15) is 0 Å². The zero-order valence-electron chi connectivity index (χ0n) is 9.67. The minimum absolute atomic E-state index is 0.302. The van der Waals surface area contributed by atoms with Gasteiger partial charge in [-0.15, -0.1) is 5.10 Å². The average Bonchev–Trinajstić information content (AvgIpc) is 2.68. The fourth-order valence-corrected chi connectivity index (χ4v) is 1.57. The molecule has 7 nitrogen and oxygen atoms in total. The highest BCUT2D eigenvalue weighted by Crippen LogP contribution is 1.95. The van der Waals surface area contributed by atoms with Gasteiger partial charge < -0.3 is 0 Å². The number of nitrogens with zero attached hydrogens (tertiary/aromatic N) is 4. The molecule has 2 rings (SSSR count). The summed E-state index contributed by atoms with van der Waals surface area (Å²) in [6, 6.07) is 0. The normalized spacial score (nSPS) is 10.7. The molecule has 2 aromatic heterocycles. The molecule has 0 saturated carbocycles. The average molecular weight is 235 g/mol. The van der Waals surface area contributed by atoms with Crippen molar-refractivity contribution >= 4 is 0 Å². The minimum atomic E-state index is -0.433. The molecule has 0 unspecified atom stereocenters. The van der Waals surface area contributed by atoms with E-state index in [1.807, 2.05) is 6.92 Å². The molecule has 0 aliphatic rings. The molecule has 0 aromatic carbocycles. The zero-order valence-corrected chi connectivity index (χ0v) is 9.67. The molecule has 0 fully saturated rings. The first kappa shape index (κ1) is 11.3. The van der Waals surface area contributed by atoms with Crippen LogP contribution in [0.2, 0.25) is 0 Å². The van der Waals surface area contributed by atoms with Gasteiger partial charge in [0.2, 0.25) is 0 Å². The van der Waals surface area contributed by atoms with Crippen LogP contribution in [0.4, 0.5) is 0 Å². The molecule has 90 valence electrons. The van der Waals surface area contributed by atoms with Gasteiger partial charge in [0.25, 0.3) is 5.56 Å². The first-order valence-electron chi connectivity index (χ1n) is 5.28. The number of H-pyrrole nitrogens is 1. The third kappa shape index (κ3) is 2.32. The predicted octanol–water partition coefficient (Wildman–Crippen LogP) is -0.724. The smallest absolute Gasteiger partial charge is 0.294 e. The molecule has 0 saturated heterocycles. The van der Waals surface area contributed by atoms with Crippen molar-refractivity contribution in [3.05, 3.63) is 44.5 Å². The summed E-state index contributed by atoms with van der Waals surface area (Å²) in [5.41, 5.74) is 0.489. The number of aromatic nitrogens is 5. The van der Waals surface area contributed by atoms with Crippen molar-refractivity contribution in [2.75, 3.05) is 0 Å². The van der Waals surface area contributed by atoms with E-state index >= 15 is 0 Å². The molecule has 1 N–H and O–H groups in total. The molecule has 0 aliphatic carbocycles. The van der Waals surface area contributed by atoms with Crippen molar-refractivity contribution in [3.8, 4) is 0 Å². The standard InChI is InChI=1S/C10H13N5O2/c1-3-7-4-15(10(17)11-9(7)16)6-8-5-14(2)13-12-8/h4-5H,3,6H2,1-2H3,(H,11,16,17). The van der Waals surface area contributed by atoms with Crippen LogP contribution in [0.5, 0.6) is 0 Å². The lowest BCUT2D eigenvalue weighted by molar-refractivity contribution is 0.685. The quantitative estimate of drug-likeness (QED) is 0.760. The predicted molar refractivity (Wildman–Crippen MR) is 60.8 cm³/mol. The molecule has 0 atom stereocenters. The Bertz CT molecular complexity index is 637. The Kier molecular flexibility index (Phi) is 2.90. The topological polar surface area (TPSA) is 85.6 Å². The van der Waals surface area contributed by atoms with E-state index in [2.05, 4.69) is 15.3 Å². The first-order valence-corrected chi connectivity index (χ1v) is 5.28. The fourth-order valence-electron chi connectivity index (χ4n) is 1.57. The van der Waals surface area contributed by atoms with E-state index in [-0.39, 0.29) is 5.56 Å². The van der Waals surface area contributed by atoms with Gasteiger partial charge in [-0.3, -0.25) is 19.0 Å². The Morgan fingerprint density at radius 1 is 1.35 bits per heavy atom. The number of rotatable bonds is 3. The maximum absolute atomic E-state index is 11.6. The van der Waals surface area contributed by atoms with Crippen LogP contribution < -0.4 is 11.2 Å². The van der Waals surface area contributed by atoms with Crippen LogP contribution in [0.15, 0.2) is 22.0 Å². The maximum atomic E-state index is 11.6. The largest absolute Gasteiger partial charge is 0.328 e. The SMILES string of the molecule is CCc1cn(Cc2cn(C)nn2)c(=O)[nH]c1=O. The Morgan fingerprint density at radius 3 is 2.71 bits per heavy atom. The van der Waals surface area contributed by atoms with Gasteiger partial charge in [-0.1, -0.05) is 12.1 Å². The molecule has 0 amide bonds. The van der Waals surface area contributed by atoms with Gasteiger partial charge in [-0.25, -0.2) is 4.79 Å².